The van der Waals surface area contributed by atoms with Crippen LogP contribution >= 0.6 is 15.9 Å². The zero-order chi connectivity index (χ0) is 27.9. The number of hydrogen-bond acceptors (Lipinski definition) is 3. The van der Waals surface area contributed by atoms with Crippen LogP contribution in [0, 0.1) is 0 Å². The summed E-state index contributed by atoms with van der Waals surface area (Å²) in [6.07, 6.45) is -1.05. The third kappa shape index (κ3) is 4.96. The molecule has 9 heteroatoms. The summed E-state index contributed by atoms with van der Waals surface area (Å²) in [6, 6.07) is 27.3. The van der Waals surface area contributed by atoms with Crippen LogP contribution < -0.4 is 5.56 Å². The molecule has 0 saturated heterocycles. The first kappa shape index (κ1) is 25.8. The second kappa shape index (κ2) is 10.2. The van der Waals surface area contributed by atoms with Gasteiger partial charge in [-0.2, -0.15) is 22.9 Å². The van der Waals surface area contributed by atoms with Gasteiger partial charge in [0.1, 0.15) is 0 Å². The minimum Gasteiger partial charge on any atom is -0.342 e. The maximum Gasteiger partial charge on any atom is 0.416 e. The molecule has 0 spiro atoms. The van der Waals surface area contributed by atoms with Crippen molar-refractivity contribution in [3.8, 4) is 11.4 Å². The topological polar surface area (TPSA) is 52.2 Å². The van der Waals surface area contributed by atoms with E-state index in [-0.39, 0.29) is 11.4 Å². The van der Waals surface area contributed by atoms with Gasteiger partial charge in [-0.25, -0.2) is 4.98 Å². The van der Waals surface area contributed by atoms with Gasteiger partial charge in [-0.05, 0) is 48.0 Å². The molecule has 0 aliphatic rings. The molecular weight excluding hydrogens is 581 g/mol. The molecule has 2 aromatic heterocycles. The number of aromatic nitrogens is 3. The van der Waals surface area contributed by atoms with E-state index in [9.17, 15) is 18.0 Å². The maximum atomic E-state index is 13.5. The normalized spacial score (nSPS) is 12.1. The lowest BCUT2D eigenvalue weighted by molar-refractivity contribution is -0.137. The van der Waals surface area contributed by atoms with Crippen molar-refractivity contribution in [2.75, 3.05) is 0 Å². The number of nitrogens with zero attached hydrogens (tertiary/aromatic N) is 4. The molecule has 0 aliphatic heterocycles. The molecule has 2 heterocycles. The van der Waals surface area contributed by atoms with E-state index in [1.54, 1.807) is 30.5 Å². The molecule has 0 aliphatic carbocycles. The van der Waals surface area contributed by atoms with Crippen LogP contribution in [0.3, 0.4) is 0 Å². The molecule has 0 atom stereocenters. The summed E-state index contributed by atoms with van der Waals surface area (Å²) in [7, 11) is 0. The van der Waals surface area contributed by atoms with Crippen LogP contribution in [0.25, 0.3) is 33.2 Å². The Hall–Kier alpha value is -4.50. The number of benzene rings is 4. The van der Waals surface area contributed by atoms with Crippen molar-refractivity contribution in [2.45, 2.75) is 12.7 Å². The van der Waals surface area contributed by atoms with E-state index in [0.717, 1.165) is 43.3 Å². The molecule has 6 aromatic rings. The van der Waals surface area contributed by atoms with E-state index in [2.05, 4.69) is 30.6 Å². The largest absolute Gasteiger partial charge is 0.416 e. The quantitative estimate of drug-likeness (QED) is 0.190. The van der Waals surface area contributed by atoms with Gasteiger partial charge in [0, 0.05) is 39.2 Å². The van der Waals surface area contributed by atoms with Gasteiger partial charge >= 0.3 is 6.18 Å². The summed E-state index contributed by atoms with van der Waals surface area (Å²) >= 11 is 3.46. The summed E-state index contributed by atoms with van der Waals surface area (Å²) in [6.45, 7) is 0.620. The summed E-state index contributed by atoms with van der Waals surface area (Å²) in [4.78, 5) is 18.1. The third-order valence-electron chi connectivity index (χ3n) is 6.60. The Balaban J connectivity index is 1.49. The van der Waals surface area contributed by atoms with Gasteiger partial charge in [-0.1, -0.05) is 70.5 Å². The molecule has 198 valence electrons. The summed E-state index contributed by atoms with van der Waals surface area (Å²) < 4.78 is 44.6. The third-order valence-corrected chi connectivity index (χ3v) is 7.13. The fraction of sp³-hybridized carbons (Fsp3) is 0.0645. The molecule has 0 saturated carbocycles. The van der Waals surface area contributed by atoms with E-state index < -0.39 is 17.3 Å². The van der Waals surface area contributed by atoms with Crippen LogP contribution in [-0.4, -0.2) is 20.4 Å². The van der Waals surface area contributed by atoms with Crippen LogP contribution in [0.5, 0.6) is 0 Å². The Morgan fingerprint density at radius 3 is 2.38 bits per heavy atom. The first-order valence-electron chi connectivity index (χ1n) is 12.3. The minimum atomic E-state index is -4.54. The number of halogens is 4. The first-order valence-corrected chi connectivity index (χ1v) is 13.1. The van der Waals surface area contributed by atoms with Crippen LogP contribution in [0.1, 0.15) is 16.7 Å². The smallest absolute Gasteiger partial charge is 0.342 e. The van der Waals surface area contributed by atoms with E-state index in [0.29, 0.717) is 17.4 Å². The molecule has 4 aromatic carbocycles. The van der Waals surface area contributed by atoms with Crippen LogP contribution in [-0.2, 0) is 12.7 Å². The first-order chi connectivity index (χ1) is 19.3. The monoisotopic (exact) mass is 600 g/mol. The van der Waals surface area contributed by atoms with Crippen molar-refractivity contribution < 1.29 is 13.2 Å². The van der Waals surface area contributed by atoms with Gasteiger partial charge < -0.3 is 4.57 Å². The second-order valence-electron chi connectivity index (χ2n) is 9.25. The van der Waals surface area contributed by atoms with Crippen molar-refractivity contribution in [3.05, 3.63) is 135 Å². The van der Waals surface area contributed by atoms with Crippen LogP contribution in [0.4, 0.5) is 13.2 Å². The molecule has 40 heavy (non-hydrogen) atoms. The fourth-order valence-corrected chi connectivity index (χ4v) is 4.93. The highest BCUT2D eigenvalue weighted by Gasteiger charge is 2.31. The highest BCUT2D eigenvalue weighted by molar-refractivity contribution is 9.10. The maximum absolute atomic E-state index is 13.5. The molecular formula is C31H20BrF3N4O. The Morgan fingerprint density at radius 2 is 1.60 bits per heavy atom. The van der Waals surface area contributed by atoms with Crippen molar-refractivity contribution in [2.24, 2.45) is 5.10 Å². The number of rotatable bonds is 5. The number of fused-ring (bicyclic) bond motifs is 2. The zero-order valence-electron chi connectivity index (χ0n) is 20.8. The van der Waals surface area contributed by atoms with Gasteiger partial charge in [-0.3, -0.25) is 4.79 Å². The summed E-state index contributed by atoms with van der Waals surface area (Å²) in [5, 5.41) is 5.73. The zero-order valence-corrected chi connectivity index (χ0v) is 22.4. The van der Waals surface area contributed by atoms with Gasteiger partial charge in [-0.15, -0.1) is 0 Å². The van der Waals surface area contributed by atoms with Crippen molar-refractivity contribution in [1.82, 2.24) is 14.2 Å². The number of alkyl halides is 3. The van der Waals surface area contributed by atoms with E-state index >= 15 is 0 Å². The Labute approximate surface area is 235 Å². The lowest BCUT2D eigenvalue weighted by Crippen LogP contribution is -2.20. The molecule has 0 amide bonds. The standard InChI is InChI=1S/C31H20BrF3N4O/c32-24-14-12-20(13-15-24)18-38-19-22(25-8-2-4-11-28(25)38)17-36-39-29(21-6-5-7-23(16-21)31(33,34)35)37-27-10-3-1-9-26(27)30(39)40/h1-17,19H,18H2. The molecule has 5 nitrogen and oxygen atoms in total. The van der Waals surface area contributed by atoms with Crippen LogP contribution in [0.2, 0.25) is 0 Å². The SMILES string of the molecule is O=c1c2ccccc2nc(-c2cccc(C(F)(F)F)c2)n1N=Cc1cn(Cc2ccc(Br)cc2)c2ccccc12. The summed E-state index contributed by atoms with van der Waals surface area (Å²) in [5.74, 6) is 0.0182. The lowest BCUT2D eigenvalue weighted by atomic mass is 10.1. The average molecular weight is 601 g/mol. The number of hydrogen-bond donors (Lipinski definition) is 0. The highest BCUT2D eigenvalue weighted by atomic mass is 79.9. The van der Waals surface area contributed by atoms with E-state index in [4.69, 9.17) is 0 Å². The minimum absolute atomic E-state index is 0.0182. The van der Waals surface area contributed by atoms with Crippen molar-refractivity contribution in [3.63, 3.8) is 0 Å². The van der Waals surface area contributed by atoms with E-state index in [1.165, 1.54) is 12.1 Å². The van der Waals surface area contributed by atoms with Gasteiger partial charge in [0.05, 0.1) is 22.7 Å². The van der Waals surface area contributed by atoms with E-state index in [1.807, 2.05) is 54.7 Å². The van der Waals surface area contributed by atoms with Gasteiger partial charge in [0.15, 0.2) is 5.82 Å². The summed E-state index contributed by atoms with van der Waals surface area (Å²) in [5.41, 5.74) is 2.03. The average Bonchev–Trinajstić information content (AvgIpc) is 3.30. The van der Waals surface area contributed by atoms with Crippen molar-refractivity contribution >= 4 is 44.0 Å². The Kier molecular flexibility index (Phi) is 6.59. The second-order valence-corrected chi connectivity index (χ2v) is 10.2. The number of para-hydroxylation sites is 2. The fourth-order valence-electron chi connectivity index (χ4n) is 4.67. The van der Waals surface area contributed by atoms with Gasteiger partial charge in [0.25, 0.3) is 5.56 Å². The molecule has 0 fully saturated rings. The molecule has 0 unspecified atom stereocenters. The van der Waals surface area contributed by atoms with Crippen LogP contribution in [0.15, 0.2) is 118 Å². The molecule has 0 N–H and O–H groups in total. The van der Waals surface area contributed by atoms with Gasteiger partial charge in [0.2, 0.25) is 0 Å². The molecule has 0 radical (unpaired) electrons. The van der Waals surface area contributed by atoms with Crippen molar-refractivity contribution in [1.29, 1.82) is 0 Å². The highest BCUT2D eigenvalue weighted by Crippen LogP contribution is 2.32. The Bertz CT molecular complexity index is 1960. The molecule has 6 rings (SSSR count). The Morgan fingerprint density at radius 1 is 0.875 bits per heavy atom. The lowest BCUT2D eigenvalue weighted by Gasteiger charge is -2.12. The predicted molar refractivity (Wildman–Crippen MR) is 155 cm³/mol. The predicted octanol–water partition coefficient (Wildman–Crippen LogP) is 7.73. The molecule has 0 bridgehead atoms.